The Hall–Kier alpha value is -1.14. The Morgan fingerprint density at radius 1 is 0.950 bits per heavy atom. The van der Waals surface area contributed by atoms with Crippen LogP contribution in [0.1, 0.15) is 0 Å². The summed E-state index contributed by atoms with van der Waals surface area (Å²) in [4.78, 5) is -0.00887. The topological polar surface area (TPSA) is 72.2 Å². The predicted octanol–water partition coefficient (Wildman–Crippen LogP) is 4.03. The summed E-state index contributed by atoms with van der Waals surface area (Å²) in [5.74, 6) is 0. The number of anilines is 2. The third kappa shape index (κ3) is 3.30. The van der Waals surface area contributed by atoms with Crippen LogP contribution in [0.4, 0.5) is 11.4 Å². The first-order chi connectivity index (χ1) is 9.29. The minimum atomic E-state index is -3.80. The summed E-state index contributed by atoms with van der Waals surface area (Å²) in [5.41, 5.74) is 6.00. The van der Waals surface area contributed by atoms with Crippen LogP contribution >= 0.6 is 34.8 Å². The van der Waals surface area contributed by atoms with Crippen LogP contribution in [-0.4, -0.2) is 8.42 Å². The van der Waals surface area contributed by atoms with Crippen molar-refractivity contribution >= 4 is 56.2 Å². The van der Waals surface area contributed by atoms with Gasteiger partial charge in [0.2, 0.25) is 0 Å². The van der Waals surface area contributed by atoms with Gasteiger partial charge in [0.15, 0.2) is 0 Å². The second-order valence-corrected chi connectivity index (χ2v) is 6.85. The maximum atomic E-state index is 12.2. The van der Waals surface area contributed by atoms with Gasteiger partial charge < -0.3 is 5.73 Å². The molecule has 0 saturated heterocycles. The van der Waals surface area contributed by atoms with Crippen molar-refractivity contribution in [2.24, 2.45) is 0 Å². The van der Waals surface area contributed by atoms with Crippen LogP contribution in [0.15, 0.2) is 41.3 Å². The van der Waals surface area contributed by atoms with E-state index in [4.69, 9.17) is 40.5 Å². The van der Waals surface area contributed by atoms with Gasteiger partial charge in [0, 0.05) is 5.02 Å². The third-order valence-electron chi connectivity index (χ3n) is 2.45. The zero-order chi connectivity index (χ0) is 14.9. The maximum absolute atomic E-state index is 12.2. The van der Waals surface area contributed by atoms with Gasteiger partial charge in [-0.05, 0) is 36.4 Å². The molecule has 0 saturated carbocycles. The molecule has 106 valence electrons. The monoisotopic (exact) mass is 350 g/mol. The first-order valence-electron chi connectivity index (χ1n) is 5.32. The number of hydrogen-bond acceptors (Lipinski definition) is 3. The summed E-state index contributed by atoms with van der Waals surface area (Å²) in [5, 5.41) is 0.894. The minimum Gasteiger partial charge on any atom is -0.397 e. The molecular weight excluding hydrogens is 343 g/mol. The molecule has 8 heteroatoms. The third-order valence-corrected chi connectivity index (χ3v) is 4.71. The lowest BCUT2D eigenvalue weighted by atomic mass is 10.3. The summed E-state index contributed by atoms with van der Waals surface area (Å²) in [6.07, 6.45) is 0. The molecule has 20 heavy (non-hydrogen) atoms. The highest BCUT2D eigenvalue weighted by molar-refractivity contribution is 7.92. The standard InChI is InChI=1S/C12H9Cl3N2O2S/c13-7-1-4-12(10(15)5-7)17-20(18,19)8-2-3-9(14)11(16)6-8/h1-6,17H,16H2. The van der Waals surface area contributed by atoms with Crippen LogP contribution in [0.25, 0.3) is 0 Å². The molecule has 0 spiro atoms. The molecule has 0 bridgehead atoms. The molecule has 0 aliphatic heterocycles. The number of nitrogens with two attached hydrogens (primary N) is 1. The molecule has 0 heterocycles. The Balaban J connectivity index is 2.38. The Kier molecular flexibility index (Phi) is 4.34. The van der Waals surface area contributed by atoms with Crippen LogP contribution in [0.3, 0.4) is 0 Å². The van der Waals surface area contributed by atoms with E-state index < -0.39 is 10.0 Å². The Morgan fingerprint density at radius 2 is 1.65 bits per heavy atom. The average molecular weight is 352 g/mol. The van der Waals surface area contributed by atoms with Crippen molar-refractivity contribution in [3.63, 3.8) is 0 Å². The Labute approximate surface area is 131 Å². The lowest BCUT2D eigenvalue weighted by molar-refractivity contribution is 0.601. The summed E-state index contributed by atoms with van der Waals surface area (Å²) >= 11 is 17.4. The smallest absolute Gasteiger partial charge is 0.262 e. The number of halogens is 3. The molecule has 2 aromatic rings. The lowest BCUT2D eigenvalue weighted by Gasteiger charge is -2.10. The van der Waals surface area contributed by atoms with Gasteiger partial charge in [0.05, 0.1) is 26.3 Å². The van der Waals surface area contributed by atoms with Crippen LogP contribution < -0.4 is 10.5 Å². The molecule has 0 unspecified atom stereocenters. The molecule has 0 aliphatic carbocycles. The predicted molar refractivity (Wildman–Crippen MR) is 83.1 cm³/mol. The number of sulfonamides is 1. The summed E-state index contributed by atoms with van der Waals surface area (Å²) in [6, 6.07) is 8.48. The van der Waals surface area contributed by atoms with E-state index in [1.165, 1.54) is 36.4 Å². The number of nitrogens with one attached hydrogen (secondary N) is 1. The zero-order valence-corrected chi connectivity index (χ0v) is 13.0. The molecular formula is C12H9Cl3N2O2S. The van der Waals surface area contributed by atoms with Crippen LogP contribution in [0.5, 0.6) is 0 Å². The summed E-state index contributed by atoms with van der Waals surface area (Å²) in [7, 11) is -3.80. The van der Waals surface area contributed by atoms with E-state index in [0.717, 1.165) is 0 Å². The van der Waals surface area contributed by atoms with Crippen molar-refractivity contribution in [3.05, 3.63) is 51.5 Å². The molecule has 4 nitrogen and oxygen atoms in total. The van der Waals surface area contributed by atoms with Gasteiger partial charge in [0.25, 0.3) is 10.0 Å². The van der Waals surface area contributed by atoms with E-state index in [1.54, 1.807) is 0 Å². The SMILES string of the molecule is Nc1cc(S(=O)(=O)Nc2ccc(Cl)cc2Cl)ccc1Cl. The number of nitrogen functional groups attached to an aromatic ring is 1. The van der Waals surface area contributed by atoms with E-state index in [0.29, 0.717) is 5.02 Å². The largest absolute Gasteiger partial charge is 0.397 e. The fourth-order valence-corrected chi connectivity index (χ4v) is 3.21. The van der Waals surface area contributed by atoms with E-state index >= 15 is 0 Å². The lowest BCUT2D eigenvalue weighted by Crippen LogP contribution is -2.13. The average Bonchev–Trinajstić information content (AvgIpc) is 2.36. The fraction of sp³-hybridized carbons (Fsp3) is 0. The molecule has 0 aliphatic rings. The first-order valence-corrected chi connectivity index (χ1v) is 7.94. The Bertz CT molecular complexity index is 763. The minimum absolute atomic E-state index is 0.00887. The summed E-state index contributed by atoms with van der Waals surface area (Å²) < 4.78 is 26.8. The highest BCUT2D eigenvalue weighted by atomic mass is 35.5. The van der Waals surface area contributed by atoms with Crippen molar-refractivity contribution < 1.29 is 8.42 Å². The van der Waals surface area contributed by atoms with Crippen molar-refractivity contribution in [2.75, 3.05) is 10.5 Å². The second-order valence-electron chi connectivity index (χ2n) is 3.91. The quantitative estimate of drug-likeness (QED) is 0.820. The van der Waals surface area contributed by atoms with E-state index in [1.807, 2.05) is 0 Å². The number of benzene rings is 2. The van der Waals surface area contributed by atoms with Crippen LogP contribution in [-0.2, 0) is 10.0 Å². The molecule has 0 amide bonds. The van der Waals surface area contributed by atoms with Gasteiger partial charge in [-0.3, -0.25) is 4.72 Å². The highest BCUT2D eigenvalue weighted by Gasteiger charge is 2.17. The van der Waals surface area contributed by atoms with Crippen molar-refractivity contribution in [1.82, 2.24) is 0 Å². The molecule has 3 N–H and O–H groups in total. The van der Waals surface area contributed by atoms with Crippen LogP contribution in [0.2, 0.25) is 15.1 Å². The van der Waals surface area contributed by atoms with Crippen molar-refractivity contribution in [3.8, 4) is 0 Å². The fourth-order valence-electron chi connectivity index (χ4n) is 1.46. The van der Waals surface area contributed by atoms with Gasteiger partial charge in [-0.15, -0.1) is 0 Å². The highest BCUT2D eigenvalue weighted by Crippen LogP contribution is 2.29. The molecule has 0 radical (unpaired) electrons. The van der Waals surface area contributed by atoms with Gasteiger partial charge in [-0.2, -0.15) is 0 Å². The summed E-state index contributed by atoms with van der Waals surface area (Å²) in [6.45, 7) is 0. The van der Waals surface area contributed by atoms with Crippen LogP contribution in [0, 0.1) is 0 Å². The van der Waals surface area contributed by atoms with E-state index in [2.05, 4.69) is 4.72 Å². The molecule has 2 rings (SSSR count). The van der Waals surface area contributed by atoms with E-state index in [-0.39, 0.29) is 26.3 Å². The van der Waals surface area contributed by atoms with Gasteiger partial charge in [0.1, 0.15) is 0 Å². The Morgan fingerprint density at radius 3 is 2.25 bits per heavy atom. The van der Waals surface area contributed by atoms with Crippen molar-refractivity contribution in [2.45, 2.75) is 4.90 Å². The molecule has 2 aromatic carbocycles. The second kappa shape index (κ2) is 5.69. The van der Waals surface area contributed by atoms with Gasteiger partial charge >= 0.3 is 0 Å². The molecule has 0 fully saturated rings. The van der Waals surface area contributed by atoms with Gasteiger partial charge in [-0.1, -0.05) is 34.8 Å². The molecule has 0 atom stereocenters. The number of rotatable bonds is 3. The van der Waals surface area contributed by atoms with E-state index in [9.17, 15) is 8.42 Å². The maximum Gasteiger partial charge on any atom is 0.262 e. The first kappa shape index (κ1) is 15.3. The molecule has 0 aromatic heterocycles. The van der Waals surface area contributed by atoms with Crippen molar-refractivity contribution in [1.29, 1.82) is 0 Å². The zero-order valence-electron chi connectivity index (χ0n) is 9.90. The normalized spacial score (nSPS) is 11.3. The van der Waals surface area contributed by atoms with Gasteiger partial charge in [-0.25, -0.2) is 8.42 Å². The number of hydrogen-bond donors (Lipinski definition) is 2.